The number of halogens is 1. The summed E-state index contributed by atoms with van der Waals surface area (Å²) in [5.41, 5.74) is 4.19. The second-order valence-electron chi connectivity index (χ2n) is 9.40. The van der Waals surface area contributed by atoms with Crippen molar-refractivity contribution >= 4 is 28.9 Å². The number of nitrogens with zero attached hydrogens (tertiary/aromatic N) is 4. The normalized spacial score (nSPS) is 16.7. The number of aromatic nitrogens is 3. The Hall–Kier alpha value is -2.93. The molecule has 1 atom stereocenters. The van der Waals surface area contributed by atoms with Gasteiger partial charge in [-0.25, -0.2) is 14.8 Å². The molecule has 0 spiro atoms. The van der Waals surface area contributed by atoms with Gasteiger partial charge in [-0.15, -0.1) is 0 Å². The maximum Gasteiger partial charge on any atom is 0.410 e. The summed E-state index contributed by atoms with van der Waals surface area (Å²) in [5, 5.41) is 0.614. The first-order chi connectivity index (χ1) is 15.6. The Bertz CT molecular complexity index is 1190. The molecule has 0 aliphatic carbocycles. The number of benzene rings is 1. The van der Waals surface area contributed by atoms with Crippen LogP contribution in [0.4, 0.5) is 4.79 Å². The first kappa shape index (κ1) is 23.2. The van der Waals surface area contributed by atoms with Crippen molar-refractivity contribution in [1.29, 1.82) is 0 Å². The number of aryl methyl sites for hydroxylation is 1. The van der Waals surface area contributed by atoms with Crippen molar-refractivity contribution in [3.8, 4) is 17.0 Å². The van der Waals surface area contributed by atoms with E-state index in [-0.39, 0.29) is 12.0 Å². The minimum absolute atomic E-state index is 0.0837. The van der Waals surface area contributed by atoms with Crippen LogP contribution in [0.1, 0.15) is 50.8 Å². The van der Waals surface area contributed by atoms with Crippen molar-refractivity contribution in [2.45, 2.75) is 52.1 Å². The maximum atomic E-state index is 12.6. The highest BCUT2D eigenvalue weighted by Crippen LogP contribution is 2.35. The van der Waals surface area contributed by atoms with Crippen molar-refractivity contribution in [2.24, 2.45) is 0 Å². The molecule has 0 unspecified atom stereocenters. The van der Waals surface area contributed by atoms with Gasteiger partial charge in [0.25, 0.3) is 0 Å². The van der Waals surface area contributed by atoms with Gasteiger partial charge in [-0.05, 0) is 70.4 Å². The third-order valence-corrected chi connectivity index (χ3v) is 5.88. The van der Waals surface area contributed by atoms with Gasteiger partial charge < -0.3 is 14.4 Å². The average molecular weight is 469 g/mol. The number of likely N-dealkylation sites (tertiary alicyclic amines) is 1. The second-order valence-corrected chi connectivity index (χ2v) is 9.84. The Labute approximate surface area is 199 Å². The highest BCUT2D eigenvalue weighted by Gasteiger charge is 2.29. The van der Waals surface area contributed by atoms with Crippen LogP contribution in [0.5, 0.6) is 5.75 Å². The molecule has 0 radical (unpaired) electrons. The number of carbonyl (C=O) groups excluding carboxylic acids is 1. The largest absolute Gasteiger partial charge is 0.496 e. The lowest BCUT2D eigenvalue weighted by atomic mass is 9.95. The molecule has 3 aromatic rings. The van der Waals surface area contributed by atoms with E-state index in [0.717, 1.165) is 35.4 Å². The van der Waals surface area contributed by atoms with E-state index in [1.54, 1.807) is 24.3 Å². The predicted octanol–water partition coefficient (Wildman–Crippen LogP) is 5.78. The third-order valence-electron chi connectivity index (χ3n) is 5.66. The fourth-order valence-electron chi connectivity index (χ4n) is 4.16. The van der Waals surface area contributed by atoms with Gasteiger partial charge in [-0.3, -0.25) is 4.98 Å². The SMILES string of the molecule is COc1cc(Cl)cc(C)c1-c1ccc2ncc([C@@H]3CCCN(C(=O)OC(C)(C)C)C3)nc2n1. The van der Waals surface area contributed by atoms with E-state index in [1.807, 2.05) is 45.9 Å². The topological polar surface area (TPSA) is 77.4 Å². The number of rotatable bonds is 3. The molecular weight excluding hydrogens is 440 g/mol. The van der Waals surface area contributed by atoms with Crippen LogP contribution in [0.25, 0.3) is 22.4 Å². The Morgan fingerprint density at radius 1 is 1.21 bits per heavy atom. The summed E-state index contributed by atoms with van der Waals surface area (Å²) in [6.45, 7) is 8.85. The van der Waals surface area contributed by atoms with Gasteiger partial charge in [0, 0.05) is 35.8 Å². The van der Waals surface area contributed by atoms with E-state index in [0.29, 0.717) is 35.0 Å². The molecule has 3 heterocycles. The quantitative estimate of drug-likeness (QED) is 0.485. The molecule has 8 heteroatoms. The van der Waals surface area contributed by atoms with Crippen LogP contribution in [0.15, 0.2) is 30.5 Å². The zero-order valence-electron chi connectivity index (χ0n) is 19.7. The molecule has 0 saturated carbocycles. The first-order valence-corrected chi connectivity index (χ1v) is 11.5. The zero-order valence-corrected chi connectivity index (χ0v) is 20.4. The molecule has 174 valence electrons. The van der Waals surface area contributed by atoms with Crippen molar-refractivity contribution in [2.75, 3.05) is 20.2 Å². The predicted molar refractivity (Wildman–Crippen MR) is 129 cm³/mol. The molecule has 33 heavy (non-hydrogen) atoms. The molecule has 0 N–H and O–H groups in total. The summed E-state index contributed by atoms with van der Waals surface area (Å²) in [7, 11) is 1.62. The summed E-state index contributed by atoms with van der Waals surface area (Å²) >= 11 is 6.20. The van der Waals surface area contributed by atoms with Gasteiger partial charge in [0.05, 0.1) is 18.5 Å². The third kappa shape index (κ3) is 5.19. The molecule has 1 aliphatic rings. The standard InChI is InChI=1S/C25H29ClN4O3/c1-15-11-17(26)12-21(32-5)22(15)18-8-9-19-23(28-18)29-20(13-27-19)16-7-6-10-30(14-16)24(31)33-25(2,3)4/h8-9,11-13,16H,6-7,10,14H2,1-5H3/t16-/m1/s1. The van der Waals surface area contributed by atoms with Gasteiger partial charge in [0.2, 0.25) is 0 Å². The Morgan fingerprint density at radius 3 is 2.73 bits per heavy atom. The van der Waals surface area contributed by atoms with Gasteiger partial charge >= 0.3 is 6.09 Å². The maximum absolute atomic E-state index is 12.6. The van der Waals surface area contributed by atoms with Crippen molar-refractivity contribution < 1.29 is 14.3 Å². The fourth-order valence-corrected chi connectivity index (χ4v) is 4.42. The Balaban J connectivity index is 1.64. The average Bonchev–Trinajstić information content (AvgIpc) is 2.76. The van der Waals surface area contributed by atoms with Crippen molar-refractivity contribution in [3.63, 3.8) is 0 Å². The van der Waals surface area contributed by atoms with Crippen molar-refractivity contribution in [3.05, 3.63) is 46.7 Å². The van der Waals surface area contributed by atoms with E-state index in [4.69, 9.17) is 31.0 Å². The number of pyridine rings is 1. The summed E-state index contributed by atoms with van der Waals surface area (Å²) < 4.78 is 11.1. The van der Waals surface area contributed by atoms with Gasteiger partial charge in [0.1, 0.15) is 16.9 Å². The van der Waals surface area contributed by atoms with Crippen LogP contribution < -0.4 is 4.74 Å². The summed E-state index contributed by atoms with van der Waals surface area (Å²) in [5.74, 6) is 0.747. The van der Waals surface area contributed by atoms with Gasteiger partial charge in [0.15, 0.2) is 5.65 Å². The molecule has 1 amide bonds. The lowest BCUT2D eigenvalue weighted by molar-refractivity contribution is 0.0197. The molecule has 1 aliphatic heterocycles. The van der Waals surface area contributed by atoms with Gasteiger partial charge in [-0.1, -0.05) is 11.6 Å². The number of carbonyl (C=O) groups is 1. The number of piperidine rings is 1. The Kier molecular flexibility index (Phi) is 6.43. The lowest BCUT2D eigenvalue weighted by Crippen LogP contribution is -2.42. The van der Waals surface area contributed by atoms with E-state index >= 15 is 0 Å². The highest BCUT2D eigenvalue weighted by molar-refractivity contribution is 6.31. The molecule has 0 bridgehead atoms. The lowest BCUT2D eigenvalue weighted by Gasteiger charge is -2.33. The number of hydrogen-bond donors (Lipinski definition) is 0. The van der Waals surface area contributed by atoms with Crippen LogP contribution in [0, 0.1) is 6.92 Å². The van der Waals surface area contributed by atoms with E-state index < -0.39 is 5.60 Å². The number of amides is 1. The molecular formula is C25H29ClN4O3. The Morgan fingerprint density at radius 2 is 2.00 bits per heavy atom. The minimum Gasteiger partial charge on any atom is -0.496 e. The summed E-state index contributed by atoms with van der Waals surface area (Å²) in [6, 6.07) is 7.50. The van der Waals surface area contributed by atoms with Gasteiger partial charge in [-0.2, -0.15) is 0 Å². The number of fused-ring (bicyclic) bond motifs is 1. The fraction of sp³-hybridized carbons (Fsp3) is 0.440. The molecule has 1 fully saturated rings. The monoisotopic (exact) mass is 468 g/mol. The summed E-state index contributed by atoms with van der Waals surface area (Å²) in [4.78, 5) is 28.5. The minimum atomic E-state index is -0.520. The smallest absolute Gasteiger partial charge is 0.410 e. The molecule has 1 saturated heterocycles. The van der Waals surface area contributed by atoms with Crippen LogP contribution in [0.2, 0.25) is 5.02 Å². The van der Waals surface area contributed by atoms with Crippen LogP contribution in [-0.4, -0.2) is 51.7 Å². The van der Waals surface area contributed by atoms with Crippen LogP contribution in [0.3, 0.4) is 0 Å². The van der Waals surface area contributed by atoms with Crippen LogP contribution >= 0.6 is 11.6 Å². The molecule has 4 rings (SSSR count). The van der Waals surface area contributed by atoms with E-state index in [2.05, 4.69) is 4.98 Å². The molecule has 1 aromatic carbocycles. The van der Waals surface area contributed by atoms with Crippen LogP contribution in [-0.2, 0) is 4.74 Å². The zero-order chi connectivity index (χ0) is 23.8. The summed E-state index contributed by atoms with van der Waals surface area (Å²) in [6.07, 6.45) is 3.33. The van der Waals surface area contributed by atoms with E-state index in [9.17, 15) is 4.79 Å². The number of hydrogen-bond acceptors (Lipinski definition) is 6. The number of ether oxygens (including phenoxy) is 2. The number of methoxy groups -OCH3 is 1. The first-order valence-electron chi connectivity index (χ1n) is 11.1. The van der Waals surface area contributed by atoms with Crippen molar-refractivity contribution in [1.82, 2.24) is 19.9 Å². The van der Waals surface area contributed by atoms with E-state index in [1.165, 1.54) is 0 Å². The molecule has 7 nitrogen and oxygen atoms in total. The second kappa shape index (κ2) is 9.14. The molecule has 2 aromatic heterocycles. The highest BCUT2D eigenvalue weighted by atomic mass is 35.5.